The van der Waals surface area contributed by atoms with E-state index in [1.807, 2.05) is 25.1 Å². The lowest BCUT2D eigenvalue weighted by Crippen LogP contribution is -2.19. The fourth-order valence-electron chi connectivity index (χ4n) is 2.12. The van der Waals surface area contributed by atoms with Gasteiger partial charge in [0.1, 0.15) is 11.6 Å². The lowest BCUT2D eigenvalue weighted by atomic mass is 10.2. The first-order valence-electron chi connectivity index (χ1n) is 7.21. The van der Waals surface area contributed by atoms with Gasteiger partial charge in [-0.25, -0.2) is 4.98 Å². The number of rotatable bonds is 7. The van der Waals surface area contributed by atoms with Gasteiger partial charge in [-0.1, -0.05) is 18.5 Å². The largest absolute Gasteiger partial charge is 0.469 e. The summed E-state index contributed by atoms with van der Waals surface area (Å²) in [5, 5.41) is 3.99. The van der Waals surface area contributed by atoms with Crippen LogP contribution in [0.5, 0.6) is 0 Å². The molecular formula is C16H22ClN3O. The highest BCUT2D eigenvalue weighted by Gasteiger charge is 2.10. The number of nitrogens with zero attached hydrogens (tertiary/aromatic N) is 2. The average molecular weight is 308 g/mol. The van der Waals surface area contributed by atoms with Crippen LogP contribution in [0.25, 0.3) is 0 Å². The minimum absolute atomic E-state index is 0.700. The lowest BCUT2D eigenvalue weighted by molar-refractivity contribution is 0.312. The molecule has 2 aromatic heterocycles. The molecule has 0 aromatic carbocycles. The maximum atomic E-state index is 6.25. The third-order valence-electron chi connectivity index (χ3n) is 3.30. The van der Waals surface area contributed by atoms with Gasteiger partial charge in [0.15, 0.2) is 0 Å². The number of aryl methyl sites for hydroxylation is 1. The van der Waals surface area contributed by atoms with E-state index in [4.69, 9.17) is 16.0 Å². The zero-order chi connectivity index (χ0) is 15.2. The van der Waals surface area contributed by atoms with Crippen molar-refractivity contribution in [2.75, 3.05) is 18.9 Å². The lowest BCUT2D eigenvalue weighted by Gasteiger charge is -2.17. The van der Waals surface area contributed by atoms with Gasteiger partial charge in [-0.15, -0.1) is 0 Å². The van der Waals surface area contributed by atoms with E-state index >= 15 is 0 Å². The molecule has 0 fully saturated rings. The average Bonchev–Trinajstić information content (AvgIpc) is 2.85. The summed E-state index contributed by atoms with van der Waals surface area (Å²) >= 11 is 6.25. The smallest absolute Gasteiger partial charge is 0.126 e. The normalized spacial score (nSPS) is 11.1. The summed E-state index contributed by atoms with van der Waals surface area (Å²) in [6.07, 6.45) is 2.79. The summed E-state index contributed by atoms with van der Waals surface area (Å²) in [7, 11) is 2.05. The molecule has 0 radical (unpaired) electrons. The standard InChI is InChI=1S/C16H22ClN3O/c1-4-8-18-16-6-5-14(17)15(19-16)11-20(3)10-13-7-9-21-12(13)2/h5-7,9H,4,8,10-11H2,1-3H3,(H,18,19). The third-order valence-corrected chi connectivity index (χ3v) is 3.65. The molecule has 0 aliphatic heterocycles. The van der Waals surface area contributed by atoms with E-state index in [1.54, 1.807) is 6.26 Å². The molecule has 0 amide bonds. The molecular weight excluding hydrogens is 286 g/mol. The Balaban J connectivity index is 2.02. The molecule has 0 bridgehead atoms. The Morgan fingerprint density at radius 3 is 2.76 bits per heavy atom. The number of halogens is 1. The summed E-state index contributed by atoms with van der Waals surface area (Å²) in [4.78, 5) is 6.77. The predicted molar refractivity (Wildman–Crippen MR) is 86.6 cm³/mol. The fraction of sp³-hybridized carbons (Fsp3) is 0.438. The second-order valence-electron chi connectivity index (χ2n) is 5.23. The maximum Gasteiger partial charge on any atom is 0.126 e. The van der Waals surface area contributed by atoms with Crippen LogP contribution in [-0.4, -0.2) is 23.5 Å². The molecule has 2 aromatic rings. The molecule has 21 heavy (non-hydrogen) atoms. The fourth-order valence-corrected chi connectivity index (χ4v) is 2.29. The Morgan fingerprint density at radius 1 is 1.29 bits per heavy atom. The molecule has 0 saturated carbocycles. The summed E-state index contributed by atoms with van der Waals surface area (Å²) in [6, 6.07) is 5.82. The first kappa shape index (κ1) is 15.9. The summed E-state index contributed by atoms with van der Waals surface area (Å²) in [5.41, 5.74) is 2.08. The van der Waals surface area contributed by atoms with Crippen LogP contribution in [0.4, 0.5) is 5.82 Å². The van der Waals surface area contributed by atoms with Crippen LogP contribution in [0.3, 0.4) is 0 Å². The number of anilines is 1. The van der Waals surface area contributed by atoms with Crippen LogP contribution in [-0.2, 0) is 13.1 Å². The Bertz CT molecular complexity index is 583. The second kappa shape index (κ2) is 7.48. The van der Waals surface area contributed by atoms with Gasteiger partial charge >= 0.3 is 0 Å². The molecule has 0 unspecified atom stereocenters. The van der Waals surface area contributed by atoms with E-state index < -0.39 is 0 Å². The zero-order valence-corrected chi connectivity index (χ0v) is 13.6. The van der Waals surface area contributed by atoms with Crippen molar-refractivity contribution in [3.8, 4) is 0 Å². The van der Waals surface area contributed by atoms with Crippen LogP contribution in [0.1, 0.15) is 30.4 Å². The third kappa shape index (κ3) is 4.48. The molecule has 0 atom stereocenters. The molecule has 2 rings (SSSR count). The van der Waals surface area contributed by atoms with Crippen molar-refractivity contribution < 1.29 is 4.42 Å². The van der Waals surface area contributed by atoms with E-state index in [-0.39, 0.29) is 0 Å². The van der Waals surface area contributed by atoms with Crippen molar-refractivity contribution in [1.82, 2.24) is 9.88 Å². The highest BCUT2D eigenvalue weighted by Crippen LogP contribution is 2.19. The van der Waals surface area contributed by atoms with Gasteiger partial charge in [-0.3, -0.25) is 4.90 Å². The maximum absolute atomic E-state index is 6.25. The van der Waals surface area contributed by atoms with Crippen molar-refractivity contribution in [2.45, 2.75) is 33.4 Å². The van der Waals surface area contributed by atoms with Gasteiger partial charge in [0.2, 0.25) is 0 Å². The topological polar surface area (TPSA) is 41.3 Å². The van der Waals surface area contributed by atoms with Crippen LogP contribution in [0, 0.1) is 6.92 Å². The highest BCUT2D eigenvalue weighted by molar-refractivity contribution is 6.31. The number of nitrogens with one attached hydrogen (secondary N) is 1. The number of hydrogen-bond donors (Lipinski definition) is 1. The van der Waals surface area contributed by atoms with Gasteiger partial charge < -0.3 is 9.73 Å². The highest BCUT2D eigenvalue weighted by atomic mass is 35.5. The van der Waals surface area contributed by atoms with Crippen LogP contribution in [0.2, 0.25) is 5.02 Å². The molecule has 0 saturated heterocycles. The van der Waals surface area contributed by atoms with Crippen LogP contribution in [0.15, 0.2) is 28.9 Å². The molecule has 114 valence electrons. The Hall–Kier alpha value is -1.52. The molecule has 5 heteroatoms. The van der Waals surface area contributed by atoms with Crippen molar-refractivity contribution in [1.29, 1.82) is 0 Å². The first-order chi connectivity index (χ1) is 10.1. The molecule has 0 aliphatic rings. The van der Waals surface area contributed by atoms with Gasteiger partial charge in [0.25, 0.3) is 0 Å². The number of hydrogen-bond acceptors (Lipinski definition) is 4. The Kier molecular flexibility index (Phi) is 5.65. The Morgan fingerprint density at radius 2 is 2.10 bits per heavy atom. The van der Waals surface area contributed by atoms with E-state index in [0.717, 1.165) is 36.8 Å². The van der Waals surface area contributed by atoms with Crippen molar-refractivity contribution >= 4 is 17.4 Å². The minimum atomic E-state index is 0.700. The van der Waals surface area contributed by atoms with E-state index in [2.05, 4.69) is 29.2 Å². The van der Waals surface area contributed by atoms with Gasteiger partial charge in [0.05, 0.1) is 17.0 Å². The number of pyridine rings is 1. The molecule has 0 aliphatic carbocycles. The monoisotopic (exact) mass is 307 g/mol. The molecule has 4 nitrogen and oxygen atoms in total. The Labute approximate surface area is 131 Å². The van der Waals surface area contributed by atoms with Crippen molar-refractivity contribution in [3.63, 3.8) is 0 Å². The first-order valence-corrected chi connectivity index (χ1v) is 7.58. The van der Waals surface area contributed by atoms with Gasteiger partial charge in [-0.2, -0.15) is 0 Å². The summed E-state index contributed by atoms with van der Waals surface area (Å²) < 4.78 is 5.32. The molecule has 0 spiro atoms. The summed E-state index contributed by atoms with van der Waals surface area (Å²) in [6.45, 7) is 6.53. The second-order valence-corrected chi connectivity index (χ2v) is 5.63. The van der Waals surface area contributed by atoms with Crippen molar-refractivity contribution in [2.24, 2.45) is 0 Å². The van der Waals surface area contributed by atoms with E-state index in [9.17, 15) is 0 Å². The molecule has 1 N–H and O–H groups in total. The van der Waals surface area contributed by atoms with Gasteiger partial charge in [-0.05, 0) is 38.6 Å². The molecule has 2 heterocycles. The van der Waals surface area contributed by atoms with Gasteiger partial charge in [0, 0.05) is 25.2 Å². The SMILES string of the molecule is CCCNc1ccc(Cl)c(CN(C)Cc2ccoc2C)n1. The zero-order valence-electron chi connectivity index (χ0n) is 12.8. The van der Waals surface area contributed by atoms with Crippen LogP contribution < -0.4 is 5.32 Å². The minimum Gasteiger partial charge on any atom is -0.469 e. The van der Waals surface area contributed by atoms with E-state index in [0.29, 0.717) is 11.6 Å². The quantitative estimate of drug-likeness (QED) is 0.836. The summed E-state index contributed by atoms with van der Waals surface area (Å²) in [5.74, 6) is 1.84. The number of furan rings is 1. The number of aromatic nitrogens is 1. The van der Waals surface area contributed by atoms with Crippen molar-refractivity contribution in [3.05, 3.63) is 46.5 Å². The van der Waals surface area contributed by atoms with E-state index in [1.165, 1.54) is 5.56 Å². The predicted octanol–water partition coefficient (Wildman–Crippen LogP) is 4.09. The van der Waals surface area contributed by atoms with Crippen LogP contribution >= 0.6 is 11.6 Å².